The quantitative estimate of drug-likeness (QED) is 0.522. The third kappa shape index (κ3) is 5.65. The van der Waals surface area contributed by atoms with Crippen molar-refractivity contribution in [3.63, 3.8) is 0 Å². The molecule has 0 aliphatic heterocycles. The highest BCUT2D eigenvalue weighted by Gasteiger charge is 2.36. The van der Waals surface area contributed by atoms with Crippen molar-refractivity contribution >= 4 is 14.3 Å². The van der Waals surface area contributed by atoms with Crippen LogP contribution in [0.5, 0.6) is 0 Å². The summed E-state index contributed by atoms with van der Waals surface area (Å²) in [4.78, 5) is 12.5. The molecule has 0 amide bonds. The summed E-state index contributed by atoms with van der Waals surface area (Å²) < 4.78 is 5.85. The first-order valence-electron chi connectivity index (χ1n) is 7.80. The van der Waals surface area contributed by atoms with E-state index in [1.54, 1.807) is 36.4 Å². The van der Waals surface area contributed by atoms with Crippen molar-refractivity contribution in [2.45, 2.75) is 30.6 Å². The van der Waals surface area contributed by atoms with Gasteiger partial charge in [-0.2, -0.15) is 5.26 Å². The zero-order valence-corrected chi connectivity index (χ0v) is 14.9. The van der Waals surface area contributed by atoms with Gasteiger partial charge in [-0.15, -0.1) is 19.7 Å². The monoisotopic (exact) mass is 340 g/mol. The molecule has 1 atom stereocenters. The van der Waals surface area contributed by atoms with E-state index < -0.39 is 20.3 Å². The summed E-state index contributed by atoms with van der Waals surface area (Å²) in [5, 5.41) is 8.94. The highest BCUT2D eigenvalue weighted by molar-refractivity contribution is 6.76. The van der Waals surface area contributed by atoms with Crippen LogP contribution < -0.4 is 5.73 Å². The average molecular weight is 340 g/mol. The summed E-state index contributed by atoms with van der Waals surface area (Å²) in [6, 6.07) is 10.3. The van der Waals surface area contributed by atoms with Gasteiger partial charge in [0.1, 0.15) is 6.04 Å². The van der Waals surface area contributed by atoms with Crippen molar-refractivity contribution < 1.29 is 9.22 Å². The zero-order valence-electron chi connectivity index (χ0n) is 13.9. The average Bonchev–Trinajstić information content (AvgIpc) is 2.55. The van der Waals surface area contributed by atoms with E-state index >= 15 is 0 Å². The van der Waals surface area contributed by atoms with Gasteiger partial charge in [0.15, 0.2) is 0 Å². The summed E-state index contributed by atoms with van der Waals surface area (Å²) >= 11 is 0. The fourth-order valence-electron chi connectivity index (χ4n) is 2.56. The Morgan fingerprint density at radius 3 is 2.33 bits per heavy atom. The first-order valence-corrected chi connectivity index (χ1v) is 10.3. The number of nitrogens with zero attached hydrogens (tertiary/aromatic N) is 1. The lowest BCUT2D eigenvalue weighted by atomic mass is 10.0. The normalized spacial score (nSPS) is 11.8. The Bertz CT molecular complexity index is 622. The van der Waals surface area contributed by atoms with E-state index in [2.05, 4.69) is 25.8 Å². The summed E-state index contributed by atoms with van der Waals surface area (Å²) in [5.41, 5.74) is 7.40. The standard InChI is InChI=1S/C19H24N2O2Si/c1-4-10-24(11-5-2,12-6-3)23-19(22)18(21)14-16-8-7-9-17(13-16)15-20/h4-9,13,18H,1-3,10-12,14,21H2/t18-/m0/s1. The van der Waals surface area contributed by atoms with Crippen LogP contribution in [0.15, 0.2) is 62.2 Å². The van der Waals surface area contributed by atoms with Crippen LogP contribution >= 0.6 is 0 Å². The number of carbonyl (C=O) groups is 1. The zero-order chi connectivity index (χ0) is 18.0. The Balaban J connectivity index is 2.85. The second-order valence-electron chi connectivity index (χ2n) is 5.71. The van der Waals surface area contributed by atoms with Gasteiger partial charge in [0, 0.05) is 0 Å². The van der Waals surface area contributed by atoms with Crippen molar-refractivity contribution in [3.8, 4) is 6.07 Å². The predicted octanol–water partition coefficient (Wildman–Crippen LogP) is 3.47. The molecule has 1 rings (SSSR count). The van der Waals surface area contributed by atoms with Crippen LogP contribution in [-0.4, -0.2) is 20.3 Å². The molecule has 24 heavy (non-hydrogen) atoms. The molecule has 126 valence electrons. The topological polar surface area (TPSA) is 76.1 Å². The van der Waals surface area contributed by atoms with Gasteiger partial charge in [0.25, 0.3) is 8.32 Å². The van der Waals surface area contributed by atoms with Crippen molar-refractivity contribution in [1.29, 1.82) is 5.26 Å². The molecule has 0 bridgehead atoms. The predicted molar refractivity (Wildman–Crippen MR) is 99.7 cm³/mol. The lowest BCUT2D eigenvalue weighted by Gasteiger charge is -2.29. The molecule has 0 unspecified atom stereocenters. The van der Waals surface area contributed by atoms with Crippen molar-refractivity contribution in [3.05, 3.63) is 73.4 Å². The molecule has 0 aromatic heterocycles. The van der Waals surface area contributed by atoms with Crippen molar-refractivity contribution in [1.82, 2.24) is 0 Å². The Morgan fingerprint density at radius 1 is 1.25 bits per heavy atom. The van der Waals surface area contributed by atoms with Crippen molar-refractivity contribution in [2.75, 3.05) is 0 Å². The second kappa shape index (κ2) is 9.66. The molecule has 0 spiro atoms. The van der Waals surface area contributed by atoms with Gasteiger partial charge in [-0.1, -0.05) is 30.4 Å². The number of carbonyl (C=O) groups excluding carboxylic acids is 1. The summed E-state index contributed by atoms with van der Waals surface area (Å²) in [6.45, 7) is 11.3. The molecule has 0 saturated carbocycles. The molecule has 4 nitrogen and oxygen atoms in total. The lowest BCUT2D eigenvalue weighted by Crippen LogP contribution is -2.45. The minimum Gasteiger partial charge on any atom is -0.517 e. The molecule has 0 saturated heterocycles. The van der Waals surface area contributed by atoms with Gasteiger partial charge in [-0.25, -0.2) is 0 Å². The van der Waals surface area contributed by atoms with E-state index in [-0.39, 0.29) is 0 Å². The first-order chi connectivity index (χ1) is 11.5. The number of hydrogen-bond donors (Lipinski definition) is 1. The Morgan fingerprint density at radius 2 is 1.83 bits per heavy atom. The van der Waals surface area contributed by atoms with Gasteiger partial charge < -0.3 is 10.2 Å². The van der Waals surface area contributed by atoms with Gasteiger partial charge in [-0.05, 0) is 42.2 Å². The molecular weight excluding hydrogens is 316 g/mol. The number of rotatable bonds is 10. The molecule has 1 aromatic rings. The largest absolute Gasteiger partial charge is 0.517 e. The Kier molecular flexibility index (Phi) is 7.90. The van der Waals surface area contributed by atoms with E-state index in [9.17, 15) is 4.79 Å². The highest BCUT2D eigenvalue weighted by atomic mass is 28.4. The van der Waals surface area contributed by atoms with Crippen molar-refractivity contribution in [2.24, 2.45) is 5.73 Å². The third-order valence-corrected chi connectivity index (χ3v) is 7.41. The maximum Gasteiger partial charge on any atom is 0.310 e. The maximum atomic E-state index is 12.5. The van der Waals surface area contributed by atoms with Crippen LogP contribution in [0.4, 0.5) is 0 Å². The summed E-state index contributed by atoms with van der Waals surface area (Å²) in [7, 11) is -2.39. The van der Waals surface area contributed by atoms with Crippen LogP contribution in [0.3, 0.4) is 0 Å². The number of nitriles is 1. The SMILES string of the molecule is C=CC[Si](CC=C)(CC=C)OC(=O)[C@@H](N)Cc1cccc(C#N)c1. The molecule has 0 fully saturated rings. The van der Waals surface area contributed by atoms with Crippen LogP contribution in [0.25, 0.3) is 0 Å². The van der Waals surface area contributed by atoms with E-state index in [0.29, 0.717) is 30.1 Å². The van der Waals surface area contributed by atoms with Gasteiger partial charge in [-0.3, -0.25) is 4.79 Å². The van der Waals surface area contributed by atoms with E-state index in [4.69, 9.17) is 15.4 Å². The fourth-order valence-corrected chi connectivity index (χ4v) is 5.46. The molecule has 5 heteroatoms. The molecule has 1 aromatic carbocycles. The number of hydrogen-bond acceptors (Lipinski definition) is 4. The number of nitrogens with two attached hydrogens (primary N) is 1. The minimum absolute atomic E-state index is 0.328. The van der Waals surface area contributed by atoms with Crippen LogP contribution in [-0.2, 0) is 15.6 Å². The van der Waals surface area contributed by atoms with Crippen LogP contribution in [0, 0.1) is 11.3 Å². The second-order valence-corrected chi connectivity index (χ2v) is 9.50. The summed E-state index contributed by atoms with van der Waals surface area (Å²) in [6.07, 6.45) is 5.65. The lowest BCUT2D eigenvalue weighted by molar-refractivity contribution is -0.136. The molecule has 0 radical (unpaired) electrons. The van der Waals surface area contributed by atoms with E-state index in [1.807, 2.05) is 6.07 Å². The minimum atomic E-state index is -2.39. The van der Waals surface area contributed by atoms with Crippen LogP contribution in [0.2, 0.25) is 18.1 Å². The van der Waals surface area contributed by atoms with E-state index in [0.717, 1.165) is 5.56 Å². The molecule has 2 N–H and O–H groups in total. The van der Waals surface area contributed by atoms with Gasteiger partial charge in [0.05, 0.1) is 11.6 Å². The highest BCUT2D eigenvalue weighted by Crippen LogP contribution is 2.25. The van der Waals surface area contributed by atoms with Gasteiger partial charge in [0.2, 0.25) is 0 Å². The third-order valence-electron chi connectivity index (χ3n) is 3.68. The molecule has 0 aliphatic rings. The summed E-state index contributed by atoms with van der Waals surface area (Å²) in [5.74, 6) is -0.422. The molecule has 0 heterocycles. The fraction of sp³-hybridized carbons (Fsp3) is 0.263. The van der Waals surface area contributed by atoms with Gasteiger partial charge >= 0.3 is 5.97 Å². The smallest absolute Gasteiger partial charge is 0.310 e. The Hall–Kier alpha value is -2.42. The first kappa shape index (κ1) is 19.6. The number of benzene rings is 1. The Labute approximate surface area is 145 Å². The number of allylic oxidation sites excluding steroid dienone is 3. The maximum absolute atomic E-state index is 12.5. The van der Waals surface area contributed by atoms with E-state index in [1.165, 1.54) is 0 Å². The molecular formula is C19H24N2O2Si. The molecule has 0 aliphatic carbocycles. The van der Waals surface area contributed by atoms with Crippen LogP contribution in [0.1, 0.15) is 11.1 Å².